The number of amides is 6. The van der Waals surface area contributed by atoms with Crippen molar-refractivity contribution in [3.8, 4) is 5.75 Å². The van der Waals surface area contributed by atoms with Gasteiger partial charge in [-0.1, -0.05) is 53.2 Å². The molecule has 4 unspecified atom stereocenters. The van der Waals surface area contributed by atoms with Crippen LogP contribution in [0.25, 0.3) is 0 Å². The number of carbonyl (C=O) groups is 11. The molecular formula is C73H116F3N11O13. The van der Waals surface area contributed by atoms with Crippen LogP contribution in [0.5, 0.6) is 5.75 Å². The highest BCUT2D eigenvalue weighted by Gasteiger charge is 2.61. The molecule has 0 aliphatic heterocycles. The van der Waals surface area contributed by atoms with Crippen LogP contribution in [0.15, 0.2) is 29.3 Å². The molecule has 4 aliphatic rings. The highest BCUT2D eigenvalue weighted by Crippen LogP contribution is 2.68. The van der Waals surface area contributed by atoms with Gasteiger partial charge in [0.25, 0.3) is 0 Å². The molecule has 100 heavy (non-hydrogen) atoms. The number of nitrogens with one attached hydrogen (secondary N) is 5. The lowest BCUT2D eigenvalue weighted by Crippen LogP contribution is -2.54. The molecule has 24 nitrogen and oxygen atoms in total. The van der Waals surface area contributed by atoms with Gasteiger partial charge in [-0.3, -0.25) is 52.9 Å². The van der Waals surface area contributed by atoms with Crippen molar-refractivity contribution in [2.45, 2.75) is 245 Å². The van der Waals surface area contributed by atoms with Crippen LogP contribution >= 0.6 is 0 Å². The third kappa shape index (κ3) is 25.5. The number of ketones is 4. The number of benzene rings is 1. The summed E-state index contributed by atoms with van der Waals surface area (Å²) in [5.74, 6) is -8.54. The molecule has 4 saturated carbocycles. The number of Topliss-reactive ketones (excluding diaryl/α,β-unsaturated/α-hetero) is 4. The van der Waals surface area contributed by atoms with E-state index in [9.17, 15) is 71.0 Å². The van der Waals surface area contributed by atoms with Crippen LogP contribution in [0.2, 0.25) is 0 Å². The van der Waals surface area contributed by atoms with Crippen LogP contribution in [0.3, 0.4) is 0 Å². The number of unbranched alkanes of at least 4 members (excludes halogenated alkanes) is 2. The lowest BCUT2D eigenvalue weighted by Gasteiger charge is -2.61. The Labute approximate surface area is 587 Å². The summed E-state index contributed by atoms with van der Waals surface area (Å²) in [7, 11) is 1.46. The summed E-state index contributed by atoms with van der Waals surface area (Å²) in [6.07, 6.45) is 3.36. The summed E-state index contributed by atoms with van der Waals surface area (Å²) < 4.78 is 44.1. The first kappa shape index (κ1) is 83.6. The van der Waals surface area contributed by atoms with Crippen LogP contribution in [0, 0.1) is 70.0 Å². The SMILES string of the molecule is CNC(=O)[C@H](CCCN=C(N)N)CC(=O)[C@H](CC(C)C)NC(=O)[C@H](CCCCN)CC(=O)[C@H](CCCCN)NC(=O)[C@H](CCC(N)=O)CC(=O)[C@H](Cc1ccc(O)cc1)NC(=O)CCC(=O)CNC(=O)CC[C@@H](C)[C@H]1CCC2C3CCC4C[C@H](OC(=O)C(F)(F)F)CC[C@]4(C)C3CC[C@@]21C. The third-order valence-electron chi connectivity index (χ3n) is 22.4. The number of aliphatic imine (C=N–C) groups is 1. The smallest absolute Gasteiger partial charge is 0.490 e. The third-order valence-corrected chi connectivity index (χ3v) is 22.4. The molecule has 27 heteroatoms. The summed E-state index contributed by atoms with van der Waals surface area (Å²) in [5.41, 5.74) is 28.8. The zero-order valence-corrected chi connectivity index (χ0v) is 59.8. The molecule has 0 radical (unpaired) electrons. The fourth-order valence-electron chi connectivity index (χ4n) is 16.9. The minimum Gasteiger partial charge on any atom is -0.508 e. The number of nitrogens with two attached hydrogens (primary N) is 5. The number of phenolic OH excluding ortho intramolecular Hbond substituents is 1. The second-order valence-corrected chi connectivity index (χ2v) is 30.0. The molecule has 0 heterocycles. The fraction of sp³-hybridized carbons (Fsp3) is 0.753. The Morgan fingerprint density at radius 1 is 0.630 bits per heavy atom. The fourth-order valence-corrected chi connectivity index (χ4v) is 16.9. The highest BCUT2D eigenvalue weighted by molar-refractivity contribution is 5.97. The molecule has 4 aliphatic carbocycles. The highest BCUT2D eigenvalue weighted by atomic mass is 19.4. The zero-order valence-electron chi connectivity index (χ0n) is 59.8. The molecule has 562 valence electrons. The van der Waals surface area contributed by atoms with Gasteiger partial charge in [0.1, 0.15) is 11.9 Å². The molecule has 0 saturated heterocycles. The maximum Gasteiger partial charge on any atom is 0.490 e. The van der Waals surface area contributed by atoms with Crippen LogP contribution in [-0.2, 0) is 63.9 Å². The first-order chi connectivity index (χ1) is 47.2. The maximum absolute atomic E-state index is 14.6. The van der Waals surface area contributed by atoms with Gasteiger partial charge in [0.15, 0.2) is 29.1 Å². The van der Waals surface area contributed by atoms with Gasteiger partial charge in [-0.15, -0.1) is 0 Å². The Balaban J connectivity index is 1.19. The van der Waals surface area contributed by atoms with E-state index in [-0.39, 0.29) is 155 Å². The topological polar surface area (TPSA) is 420 Å². The van der Waals surface area contributed by atoms with Gasteiger partial charge in [0, 0.05) is 76.3 Å². The molecule has 4 fully saturated rings. The minimum absolute atomic E-state index is 0.0344. The van der Waals surface area contributed by atoms with E-state index in [2.05, 4.69) is 52.3 Å². The van der Waals surface area contributed by atoms with E-state index in [1.807, 2.05) is 13.8 Å². The Kier molecular flexibility index (Phi) is 33.4. The quantitative estimate of drug-likeness (QED) is 0.0144. The average molecular weight is 1410 g/mol. The Hall–Kier alpha value is -7.03. The van der Waals surface area contributed by atoms with Gasteiger partial charge in [0.05, 0.1) is 24.7 Å². The number of ether oxygens (including phenoxy) is 1. The van der Waals surface area contributed by atoms with E-state index in [4.69, 9.17) is 33.4 Å². The maximum atomic E-state index is 14.6. The number of phenols is 1. The van der Waals surface area contributed by atoms with Crippen LogP contribution in [0.1, 0.15) is 214 Å². The van der Waals surface area contributed by atoms with Gasteiger partial charge in [0.2, 0.25) is 35.4 Å². The van der Waals surface area contributed by atoms with Crippen molar-refractivity contribution in [3.05, 3.63) is 29.8 Å². The van der Waals surface area contributed by atoms with Crippen LogP contribution in [-0.4, -0.2) is 139 Å². The Morgan fingerprint density at radius 3 is 1.82 bits per heavy atom. The largest absolute Gasteiger partial charge is 0.508 e. The first-order valence-electron chi connectivity index (χ1n) is 36.5. The summed E-state index contributed by atoms with van der Waals surface area (Å²) in [5, 5.41) is 23.8. The van der Waals surface area contributed by atoms with E-state index < -0.39 is 102 Å². The number of halogens is 3. The number of hydrogen-bond acceptors (Lipinski definition) is 16. The molecule has 1 aromatic carbocycles. The summed E-state index contributed by atoms with van der Waals surface area (Å²) in [6.45, 7) is 11.1. The zero-order chi connectivity index (χ0) is 74.1. The molecule has 1 aromatic rings. The lowest BCUT2D eigenvalue weighted by molar-refractivity contribution is -0.210. The van der Waals surface area contributed by atoms with Crippen molar-refractivity contribution in [2.75, 3.05) is 33.2 Å². The van der Waals surface area contributed by atoms with E-state index >= 15 is 0 Å². The average Bonchev–Trinajstić information content (AvgIpc) is 1.35. The first-order valence-corrected chi connectivity index (χ1v) is 36.5. The number of rotatable bonds is 44. The number of esters is 1. The van der Waals surface area contributed by atoms with Crippen molar-refractivity contribution < 1.29 is 75.8 Å². The molecule has 16 N–H and O–H groups in total. The number of nitrogens with zero attached hydrogens (tertiary/aromatic N) is 1. The number of guanidine groups is 1. The van der Waals surface area contributed by atoms with E-state index in [1.54, 1.807) is 12.1 Å². The number of fused-ring (bicyclic) bond motifs is 5. The molecule has 15 atom stereocenters. The van der Waals surface area contributed by atoms with Crippen molar-refractivity contribution in [1.82, 2.24) is 26.6 Å². The summed E-state index contributed by atoms with van der Waals surface area (Å²) >= 11 is 0. The van der Waals surface area contributed by atoms with Gasteiger partial charge in [-0.05, 0) is 211 Å². The Morgan fingerprint density at radius 2 is 1.21 bits per heavy atom. The Bertz CT molecular complexity index is 2970. The van der Waals surface area contributed by atoms with Gasteiger partial charge < -0.3 is 65.1 Å². The molecule has 6 amide bonds. The second kappa shape index (κ2) is 40.0. The van der Waals surface area contributed by atoms with E-state index in [0.717, 1.165) is 44.9 Å². The van der Waals surface area contributed by atoms with Crippen LogP contribution < -0.4 is 55.3 Å². The van der Waals surface area contributed by atoms with E-state index in [1.165, 1.54) is 19.2 Å². The molecule has 0 bridgehead atoms. The number of hydrogen-bond donors (Lipinski definition) is 11. The van der Waals surface area contributed by atoms with E-state index in [0.29, 0.717) is 87.1 Å². The summed E-state index contributed by atoms with van der Waals surface area (Å²) in [4.78, 5) is 153. The van der Waals surface area contributed by atoms with Gasteiger partial charge in [-0.25, -0.2) is 4.79 Å². The van der Waals surface area contributed by atoms with Crippen molar-refractivity contribution in [1.29, 1.82) is 0 Å². The summed E-state index contributed by atoms with van der Waals surface area (Å²) in [6, 6.07) is 2.41. The molecule has 0 spiro atoms. The second-order valence-electron chi connectivity index (χ2n) is 30.0. The molecule has 5 rings (SSSR count). The van der Waals surface area contributed by atoms with Gasteiger partial charge >= 0.3 is 12.1 Å². The number of primary amides is 1. The van der Waals surface area contributed by atoms with Gasteiger partial charge in [-0.2, -0.15) is 13.2 Å². The van der Waals surface area contributed by atoms with Crippen LogP contribution in [0.4, 0.5) is 13.2 Å². The monoisotopic (exact) mass is 1410 g/mol. The standard InChI is InChI=1S/C73H116F3N11O13/c1-43(2)36-58(61(91)38-46(66(96)82-6)13-11-35-83-70(80)81)87-67(97)47(12-7-9-33-77)39-60(90)57(14-8-10-34-78)86-68(98)48(18-26-63(79)93)40-62(92)59(37-45-16-20-50(88)21-17-45)85-65(95)28-22-51(89)42-84-64(94)27-15-44(3)54-24-25-55-53-23-19-49-41-52(100-69(99)73(74,75)76)29-31-71(49,4)56(53)30-32-72(54,55)5/h16-17,20-21,43-44,46-49,52-59,88H,7-15,18-19,22-42,77-78H2,1-6H3,(H2,79,93)(H,82,96)(H,84,94)(H,85,95)(H,86,98)(H,87,97)(H4,80,81,83)/t44-,46-,47-,48-,49?,52-,53?,54-,55?,56?,57+,58+,59+,71+,72-/m1/s1. The van der Waals surface area contributed by atoms with Crippen molar-refractivity contribution in [3.63, 3.8) is 0 Å². The number of aromatic hydroxyl groups is 1. The molecular weight excluding hydrogens is 1300 g/mol. The minimum atomic E-state index is -5.02. The lowest BCUT2D eigenvalue weighted by atomic mass is 9.44. The normalized spacial score (nSPS) is 23.8. The number of alkyl halides is 3. The van der Waals surface area contributed by atoms with Crippen molar-refractivity contribution >= 4 is 70.5 Å². The predicted octanol–water partition coefficient (Wildman–Crippen LogP) is 6.50. The molecule has 0 aromatic heterocycles. The van der Waals surface area contributed by atoms with Crippen molar-refractivity contribution in [2.24, 2.45) is 104 Å². The predicted molar refractivity (Wildman–Crippen MR) is 371 cm³/mol. The number of carbonyl (C=O) groups excluding carboxylic acids is 11.